The first-order valence-corrected chi connectivity index (χ1v) is 8.29. The molecule has 0 spiro atoms. The molecule has 1 aliphatic heterocycles. The van der Waals surface area contributed by atoms with Gasteiger partial charge in [0.25, 0.3) is 0 Å². The highest BCUT2D eigenvalue weighted by molar-refractivity contribution is 5.85. The molecule has 1 rings (SSSR count). The van der Waals surface area contributed by atoms with Crippen LogP contribution < -0.4 is 22.9 Å². The van der Waals surface area contributed by atoms with Crippen molar-refractivity contribution in [3.05, 3.63) is 0 Å². The van der Waals surface area contributed by atoms with E-state index in [1.807, 2.05) is 0 Å². The van der Waals surface area contributed by atoms with Crippen LogP contribution in [0.3, 0.4) is 0 Å². The Labute approximate surface area is 168 Å². The molecule has 0 unspecified atom stereocenters. The van der Waals surface area contributed by atoms with E-state index in [0.717, 1.165) is 39.3 Å². The van der Waals surface area contributed by atoms with Crippen molar-refractivity contribution in [2.24, 2.45) is 32.9 Å². The van der Waals surface area contributed by atoms with Crippen LogP contribution in [0.4, 0.5) is 0 Å². The molecular formula is C14H34Cl2N8O2. The zero-order valence-corrected chi connectivity index (χ0v) is 16.8. The second kappa shape index (κ2) is 17.4. The van der Waals surface area contributed by atoms with E-state index in [-0.39, 0.29) is 36.7 Å². The van der Waals surface area contributed by atoms with Gasteiger partial charge in [0.15, 0.2) is 11.9 Å². The van der Waals surface area contributed by atoms with E-state index in [2.05, 4.69) is 19.8 Å². The van der Waals surface area contributed by atoms with Crippen LogP contribution in [0.2, 0.25) is 0 Å². The molecule has 10 nitrogen and oxygen atoms in total. The topological polar surface area (TPSA) is 154 Å². The highest BCUT2D eigenvalue weighted by Crippen LogP contribution is 1.96. The Morgan fingerprint density at radius 3 is 1.23 bits per heavy atom. The minimum Gasteiger partial charge on any atom is -0.379 e. The van der Waals surface area contributed by atoms with E-state index in [1.165, 1.54) is 0 Å². The number of ether oxygens (including phenoxy) is 2. The van der Waals surface area contributed by atoms with Gasteiger partial charge < -0.3 is 32.4 Å². The molecule has 0 radical (unpaired) electrons. The average molecular weight is 417 g/mol. The highest BCUT2D eigenvalue weighted by atomic mass is 35.5. The van der Waals surface area contributed by atoms with Crippen molar-refractivity contribution in [2.45, 2.75) is 0 Å². The van der Waals surface area contributed by atoms with E-state index in [1.54, 1.807) is 0 Å². The van der Waals surface area contributed by atoms with Gasteiger partial charge in [-0.25, -0.2) is 0 Å². The van der Waals surface area contributed by atoms with Crippen LogP contribution in [0.15, 0.2) is 9.98 Å². The fourth-order valence-electron chi connectivity index (χ4n) is 2.29. The summed E-state index contributed by atoms with van der Waals surface area (Å²) in [4.78, 5) is 12.5. The molecule has 0 aromatic rings. The van der Waals surface area contributed by atoms with Crippen molar-refractivity contribution in [1.82, 2.24) is 9.80 Å². The van der Waals surface area contributed by atoms with Gasteiger partial charge in [-0.3, -0.25) is 19.8 Å². The zero-order valence-electron chi connectivity index (χ0n) is 15.2. The van der Waals surface area contributed by atoms with Crippen molar-refractivity contribution in [1.29, 1.82) is 0 Å². The quantitative estimate of drug-likeness (QED) is 0.287. The van der Waals surface area contributed by atoms with Crippen LogP contribution in [-0.2, 0) is 9.47 Å². The number of rotatable bonds is 6. The van der Waals surface area contributed by atoms with E-state index < -0.39 is 0 Å². The molecule has 8 N–H and O–H groups in total. The molecule has 0 atom stereocenters. The summed E-state index contributed by atoms with van der Waals surface area (Å²) >= 11 is 0. The van der Waals surface area contributed by atoms with Crippen LogP contribution in [0.25, 0.3) is 0 Å². The first kappa shape index (κ1) is 27.2. The van der Waals surface area contributed by atoms with Crippen LogP contribution in [0, 0.1) is 0 Å². The molecule has 1 aliphatic rings. The number of halogens is 2. The van der Waals surface area contributed by atoms with E-state index in [0.29, 0.717) is 39.5 Å². The molecule has 26 heavy (non-hydrogen) atoms. The summed E-state index contributed by atoms with van der Waals surface area (Å²) in [7, 11) is 0. The standard InChI is InChI=1S/C14H32N8O2.2ClH/c15-13(16)19-1-3-21-5-9-23-11-7-22(4-2-20-14(17)18)8-12-24-10-6-21;;/h1-12H2,(H4,15,16,19)(H4,17,18,20);2*1H. The van der Waals surface area contributed by atoms with Crippen LogP contribution in [-0.4, -0.2) is 101 Å². The lowest BCUT2D eigenvalue weighted by molar-refractivity contribution is 0.0395. The first-order chi connectivity index (χ1) is 11.6. The van der Waals surface area contributed by atoms with E-state index in [4.69, 9.17) is 32.4 Å². The molecule has 12 heteroatoms. The van der Waals surface area contributed by atoms with Gasteiger partial charge in [0.2, 0.25) is 0 Å². The predicted octanol–water partition coefficient (Wildman–Crippen LogP) is -1.97. The Hall–Kier alpha value is -1.04. The third-order valence-electron chi connectivity index (χ3n) is 3.63. The van der Waals surface area contributed by atoms with Gasteiger partial charge >= 0.3 is 0 Å². The van der Waals surface area contributed by atoms with Gasteiger partial charge in [0.1, 0.15) is 0 Å². The summed E-state index contributed by atoms with van der Waals surface area (Å²) in [6, 6.07) is 0. The van der Waals surface area contributed by atoms with Gasteiger partial charge in [-0.15, -0.1) is 24.8 Å². The second-order valence-electron chi connectivity index (χ2n) is 5.52. The Morgan fingerprint density at radius 2 is 0.962 bits per heavy atom. The molecule has 1 fully saturated rings. The minimum atomic E-state index is 0. The minimum absolute atomic E-state index is 0. The first-order valence-electron chi connectivity index (χ1n) is 8.29. The number of aliphatic imine (C=N–C) groups is 2. The Bertz CT molecular complexity index is 345. The molecule has 1 heterocycles. The van der Waals surface area contributed by atoms with Gasteiger partial charge in [0, 0.05) is 39.3 Å². The lowest BCUT2D eigenvalue weighted by atomic mass is 10.4. The third kappa shape index (κ3) is 15.2. The molecule has 0 aromatic heterocycles. The van der Waals surface area contributed by atoms with Gasteiger partial charge in [0.05, 0.1) is 39.5 Å². The Kier molecular flexibility index (Phi) is 18.2. The van der Waals surface area contributed by atoms with Crippen LogP contribution >= 0.6 is 24.8 Å². The smallest absolute Gasteiger partial charge is 0.185 e. The summed E-state index contributed by atoms with van der Waals surface area (Å²) in [6.45, 7) is 8.75. The maximum Gasteiger partial charge on any atom is 0.185 e. The molecule has 1 saturated heterocycles. The number of nitrogens with zero attached hydrogens (tertiary/aromatic N) is 4. The molecule has 0 saturated carbocycles. The summed E-state index contributed by atoms with van der Waals surface area (Å²) in [6.07, 6.45) is 0. The van der Waals surface area contributed by atoms with Crippen molar-refractivity contribution in [3.63, 3.8) is 0 Å². The number of hydrogen-bond donors (Lipinski definition) is 4. The summed E-state index contributed by atoms with van der Waals surface area (Å²) < 4.78 is 11.5. The monoisotopic (exact) mass is 416 g/mol. The summed E-state index contributed by atoms with van der Waals surface area (Å²) in [5.41, 5.74) is 21.4. The fraction of sp³-hybridized carbons (Fsp3) is 0.857. The van der Waals surface area contributed by atoms with Gasteiger partial charge in [-0.2, -0.15) is 0 Å². The van der Waals surface area contributed by atoms with E-state index in [9.17, 15) is 0 Å². The van der Waals surface area contributed by atoms with Crippen molar-refractivity contribution in [2.75, 3.05) is 78.8 Å². The van der Waals surface area contributed by atoms with Crippen molar-refractivity contribution in [3.8, 4) is 0 Å². The van der Waals surface area contributed by atoms with Gasteiger partial charge in [-0.1, -0.05) is 0 Å². The maximum absolute atomic E-state index is 5.73. The number of guanidine groups is 2. The van der Waals surface area contributed by atoms with Crippen LogP contribution in [0.1, 0.15) is 0 Å². The van der Waals surface area contributed by atoms with E-state index >= 15 is 0 Å². The predicted molar refractivity (Wildman–Crippen MR) is 110 cm³/mol. The average Bonchev–Trinajstić information content (AvgIpc) is 2.50. The van der Waals surface area contributed by atoms with Crippen molar-refractivity contribution < 1.29 is 9.47 Å². The normalized spacial score (nSPS) is 17.5. The molecule has 0 aliphatic carbocycles. The zero-order chi connectivity index (χ0) is 17.6. The third-order valence-corrected chi connectivity index (χ3v) is 3.63. The maximum atomic E-state index is 5.73. The lowest BCUT2D eigenvalue weighted by Crippen LogP contribution is -2.38. The SMILES string of the molecule is Cl.Cl.NC(N)=NCCN1CCOCCN(CCN=C(N)N)CCOCC1. The Balaban J connectivity index is 0. The number of hydrogen-bond acceptors (Lipinski definition) is 6. The molecule has 0 aromatic carbocycles. The highest BCUT2D eigenvalue weighted by Gasteiger charge is 2.09. The fourth-order valence-corrected chi connectivity index (χ4v) is 2.29. The lowest BCUT2D eigenvalue weighted by Gasteiger charge is -2.25. The summed E-state index contributed by atoms with van der Waals surface area (Å²) in [5.74, 6) is 0.246. The largest absolute Gasteiger partial charge is 0.379 e. The summed E-state index contributed by atoms with van der Waals surface area (Å²) in [5, 5.41) is 0. The number of nitrogens with two attached hydrogens (primary N) is 4. The molecule has 156 valence electrons. The van der Waals surface area contributed by atoms with Crippen LogP contribution in [0.5, 0.6) is 0 Å². The van der Waals surface area contributed by atoms with Gasteiger partial charge in [-0.05, 0) is 0 Å². The Morgan fingerprint density at radius 1 is 0.654 bits per heavy atom. The molecule has 0 amide bonds. The van der Waals surface area contributed by atoms with Crippen molar-refractivity contribution >= 4 is 36.7 Å². The molecule has 0 bridgehead atoms. The molecular weight excluding hydrogens is 383 g/mol. The second-order valence-corrected chi connectivity index (χ2v) is 5.52.